The average molecular weight is 357 g/mol. The van der Waals surface area contributed by atoms with E-state index in [9.17, 15) is 14.4 Å². The van der Waals surface area contributed by atoms with E-state index in [1.54, 1.807) is 0 Å². The summed E-state index contributed by atoms with van der Waals surface area (Å²) in [4.78, 5) is 37.4. The van der Waals surface area contributed by atoms with Gasteiger partial charge in [-0.2, -0.15) is 0 Å². The number of allylic oxidation sites excluding steroid dienone is 2. The number of methoxy groups -OCH3 is 1. The number of benzene rings is 1. The van der Waals surface area contributed by atoms with Crippen LogP contribution in [0.5, 0.6) is 5.75 Å². The summed E-state index contributed by atoms with van der Waals surface area (Å²) in [6.07, 6.45) is 0.654. The molecule has 0 unspecified atom stereocenters. The Morgan fingerprint density at radius 3 is 2.50 bits per heavy atom. The van der Waals surface area contributed by atoms with Crippen molar-refractivity contribution in [2.75, 3.05) is 13.7 Å². The maximum Gasteiger partial charge on any atom is 0.316 e. The minimum absolute atomic E-state index is 0.112. The summed E-state index contributed by atoms with van der Waals surface area (Å²) in [5, 5.41) is 2.83. The zero-order valence-electron chi connectivity index (χ0n) is 15.2. The summed E-state index contributed by atoms with van der Waals surface area (Å²) >= 11 is 0. The van der Waals surface area contributed by atoms with Crippen LogP contribution in [-0.4, -0.2) is 31.4 Å². The highest BCUT2D eigenvalue weighted by Gasteiger charge is 2.45. The van der Waals surface area contributed by atoms with Crippen LogP contribution in [0.3, 0.4) is 0 Å². The molecule has 2 aliphatic rings. The van der Waals surface area contributed by atoms with Crippen LogP contribution in [0.4, 0.5) is 0 Å². The van der Waals surface area contributed by atoms with E-state index in [-0.39, 0.29) is 29.9 Å². The molecule has 0 radical (unpaired) electrons. The number of ketones is 1. The zero-order chi connectivity index (χ0) is 18.8. The molecule has 1 aliphatic carbocycles. The van der Waals surface area contributed by atoms with Crippen LogP contribution in [0.25, 0.3) is 0 Å². The molecule has 6 heteroatoms. The van der Waals surface area contributed by atoms with Crippen LogP contribution in [-0.2, 0) is 19.1 Å². The van der Waals surface area contributed by atoms with E-state index < -0.39 is 11.9 Å². The van der Waals surface area contributed by atoms with Gasteiger partial charge in [-0.05, 0) is 37.0 Å². The van der Waals surface area contributed by atoms with Crippen molar-refractivity contribution in [2.45, 2.75) is 32.6 Å². The Kier molecular flexibility index (Phi) is 5.11. The Labute approximate surface area is 152 Å². The number of carbonyl (C=O) groups is 3. The SMILES string of the molecule is CCOc1ccc([C@H]2CC(=O)NC3=C2C(=O)[C@@H](C(=O)OC)[C@@H](C)C3)cc1. The molecule has 1 aliphatic heterocycles. The number of carbonyl (C=O) groups excluding carboxylic acids is 3. The molecule has 6 nitrogen and oxygen atoms in total. The molecule has 26 heavy (non-hydrogen) atoms. The second-order valence-corrected chi connectivity index (χ2v) is 6.75. The molecule has 0 saturated carbocycles. The number of esters is 1. The lowest BCUT2D eigenvalue weighted by atomic mass is 9.70. The Morgan fingerprint density at radius 2 is 1.88 bits per heavy atom. The third-order valence-electron chi connectivity index (χ3n) is 5.05. The fourth-order valence-corrected chi connectivity index (χ4v) is 3.85. The molecule has 3 rings (SSSR count). The molecule has 0 fully saturated rings. The van der Waals surface area contributed by atoms with E-state index in [0.29, 0.717) is 24.3 Å². The van der Waals surface area contributed by atoms with Crippen LogP contribution >= 0.6 is 0 Å². The molecule has 138 valence electrons. The van der Waals surface area contributed by atoms with Crippen LogP contribution in [0.2, 0.25) is 0 Å². The predicted octanol–water partition coefficient (Wildman–Crippen LogP) is 2.34. The summed E-state index contributed by atoms with van der Waals surface area (Å²) in [5.41, 5.74) is 2.03. The molecule has 1 aromatic rings. The molecular weight excluding hydrogens is 334 g/mol. The lowest BCUT2D eigenvalue weighted by molar-refractivity contribution is -0.151. The van der Waals surface area contributed by atoms with Gasteiger partial charge in [0.2, 0.25) is 5.91 Å². The number of rotatable bonds is 4. The minimum Gasteiger partial charge on any atom is -0.494 e. The molecule has 1 amide bonds. The smallest absolute Gasteiger partial charge is 0.316 e. The zero-order valence-corrected chi connectivity index (χ0v) is 15.2. The number of hydrogen-bond donors (Lipinski definition) is 1. The Bertz CT molecular complexity index is 765. The van der Waals surface area contributed by atoms with Crippen LogP contribution in [0.1, 0.15) is 38.2 Å². The van der Waals surface area contributed by atoms with E-state index in [1.165, 1.54) is 7.11 Å². The van der Waals surface area contributed by atoms with Crippen molar-refractivity contribution in [1.82, 2.24) is 5.32 Å². The van der Waals surface area contributed by atoms with E-state index in [0.717, 1.165) is 11.3 Å². The molecule has 3 atom stereocenters. The van der Waals surface area contributed by atoms with Gasteiger partial charge < -0.3 is 14.8 Å². The van der Waals surface area contributed by atoms with Crippen LogP contribution in [0.15, 0.2) is 35.5 Å². The summed E-state index contributed by atoms with van der Waals surface area (Å²) < 4.78 is 10.3. The third-order valence-corrected chi connectivity index (χ3v) is 5.05. The van der Waals surface area contributed by atoms with Crippen molar-refractivity contribution >= 4 is 17.7 Å². The monoisotopic (exact) mass is 357 g/mol. The van der Waals surface area contributed by atoms with Crippen LogP contribution < -0.4 is 10.1 Å². The average Bonchev–Trinajstić information content (AvgIpc) is 2.61. The van der Waals surface area contributed by atoms with Gasteiger partial charge in [-0.3, -0.25) is 14.4 Å². The molecule has 1 N–H and O–H groups in total. The first-order valence-electron chi connectivity index (χ1n) is 8.84. The highest BCUT2D eigenvalue weighted by atomic mass is 16.5. The molecule has 0 aromatic heterocycles. The van der Waals surface area contributed by atoms with Crippen molar-refractivity contribution in [2.24, 2.45) is 11.8 Å². The Hall–Kier alpha value is -2.63. The predicted molar refractivity (Wildman–Crippen MR) is 94.4 cm³/mol. The normalized spacial score (nSPS) is 25.4. The lowest BCUT2D eigenvalue weighted by Gasteiger charge is -2.36. The fraction of sp³-hybridized carbons (Fsp3) is 0.450. The molecule has 0 bridgehead atoms. The molecule has 1 heterocycles. The maximum absolute atomic E-state index is 13.1. The van der Waals surface area contributed by atoms with Gasteiger partial charge in [0.1, 0.15) is 11.7 Å². The van der Waals surface area contributed by atoms with Crippen molar-refractivity contribution in [3.63, 3.8) is 0 Å². The Morgan fingerprint density at radius 1 is 1.19 bits per heavy atom. The standard InChI is InChI=1S/C20H23NO5/c1-4-26-13-7-5-12(6-8-13)14-10-16(22)21-15-9-11(2)17(20(24)25-3)19(23)18(14)15/h5-8,11,14,17H,4,9-10H2,1-3H3,(H,21,22)/t11-,14+,17-/m0/s1. The quantitative estimate of drug-likeness (QED) is 0.661. The van der Waals surface area contributed by atoms with Gasteiger partial charge in [0.05, 0.1) is 13.7 Å². The largest absolute Gasteiger partial charge is 0.494 e. The van der Waals surface area contributed by atoms with Gasteiger partial charge in [0.25, 0.3) is 0 Å². The number of nitrogens with one attached hydrogen (secondary N) is 1. The molecule has 1 aromatic carbocycles. The van der Waals surface area contributed by atoms with Gasteiger partial charge in [-0.25, -0.2) is 0 Å². The number of ether oxygens (including phenoxy) is 2. The lowest BCUT2D eigenvalue weighted by Crippen LogP contribution is -2.44. The molecule has 0 saturated heterocycles. The van der Waals surface area contributed by atoms with Gasteiger partial charge >= 0.3 is 5.97 Å². The van der Waals surface area contributed by atoms with E-state index >= 15 is 0 Å². The van der Waals surface area contributed by atoms with Gasteiger partial charge in [0.15, 0.2) is 5.78 Å². The number of hydrogen-bond acceptors (Lipinski definition) is 5. The van der Waals surface area contributed by atoms with Gasteiger partial charge in [-0.15, -0.1) is 0 Å². The van der Waals surface area contributed by atoms with Crippen molar-refractivity contribution in [3.05, 3.63) is 41.1 Å². The first-order chi connectivity index (χ1) is 12.5. The van der Waals surface area contributed by atoms with Crippen molar-refractivity contribution in [3.8, 4) is 5.75 Å². The Balaban J connectivity index is 2.00. The molecular formula is C20H23NO5. The summed E-state index contributed by atoms with van der Waals surface area (Å²) in [6, 6.07) is 7.41. The number of Topliss-reactive ketones (excluding diaryl/α,β-unsaturated/α-hetero) is 1. The van der Waals surface area contributed by atoms with Crippen molar-refractivity contribution in [1.29, 1.82) is 0 Å². The topological polar surface area (TPSA) is 81.7 Å². The minimum atomic E-state index is -0.820. The third kappa shape index (κ3) is 3.23. The van der Waals surface area contributed by atoms with E-state index in [4.69, 9.17) is 9.47 Å². The first-order valence-corrected chi connectivity index (χ1v) is 8.84. The first kappa shape index (κ1) is 18.2. The fourth-order valence-electron chi connectivity index (χ4n) is 3.85. The van der Waals surface area contributed by atoms with Crippen LogP contribution in [0, 0.1) is 11.8 Å². The van der Waals surface area contributed by atoms with E-state index in [2.05, 4.69) is 5.32 Å². The van der Waals surface area contributed by atoms with E-state index in [1.807, 2.05) is 38.1 Å². The second kappa shape index (κ2) is 7.32. The van der Waals surface area contributed by atoms with Gasteiger partial charge in [-0.1, -0.05) is 19.1 Å². The highest BCUT2D eigenvalue weighted by Crippen LogP contribution is 2.42. The summed E-state index contributed by atoms with van der Waals surface area (Å²) in [5.74, 6) is -1.53. The maximum atomic E-state index is 13.1. The summed E-state index contributed by atoms with van der Waals surface area (Å²) in [6.45, 7) is 4.30. The number of amides is 1. The van der Waals surface area contributed by atoms with Gasteiger partial charge in [0, 0.05) is 23.6 Å². The molecule has 0 spiro atoms. The second-order valence-electron chi connectivity index (χ2n) is 6.75. The summed E-state index contributed by atoms with van der Waals surface area (Å²) in [7, 11) is 1.29. The van der Waals surface area contributed by atoms with Crippen molar-refractivity contribution < 1.29 is 23.9 Å². The highest BCUT2D eigenvalue weighted by molar-refractivity contribution is 6.11.